The van der Waals surface area contributed by atoms with Crippen LogP contribution in [0.2, 0.25) is 5.02 Å². The molecule has 25 heavy (non-hydrogen) atoms. The molecule has 0 unspecified atom stereocenters. The number of halogens is 1. The number of anilines is 1. The van der Waals surface area contributed by atoms with E-state index in [1.807, 2.05) is 30.3 Å². The van der Waals surface area contributed by atoms with E-state index in [1.54, 1.807) is 24.3 Å². The number of carbonyl (C=O) groups excluding carboxylic acids is 2. The molecule has 0 radical (unpaired) electrons. The van der Waals surface area contributed by atoms with Gasteiger partial charge in [-0.2, -0.15) is 0 Å². The number of hydrogen-bond acceptors (Lipinski definition) is 3. The highest BCUT2D eigenvalue weighted by atomic mass is 35.5. The smallest absolute Gasteiger partial charge is 0.331 e. The molecule has 0 aromatic heterocycles. The second-order valence-electron chi connectivity index (χ2n) is 5.51. The van der Waals surface area contributed by atoms with Gasteiger partial charge in [-0.05, 0) is 54.8 Å². The Balaban J connectivity index is 1.87. The molecular weight excluding hydrogens is 338 g/mol. The molecule has 0 aliphatic rings. The van der Waals surface area contributed by atoms with Crippen LogP contribution in [0, 0.1) is 0 Å². The van der Waals surface area contributed by atoms with Gasteiger partial charge in [0.25, 0.3) is 5.91 Å². The van der Waals surface area contributed by atoms with Crippen LogP contribution >= 0.6 is 11.6 Å². The summed E-state index contributed by atoms with van der Waals surface area (Å²) in [5, 5.41) is 3.30. The van der Waals surface area contributed by atoms with Crippen molar-refractivity contribution in [3.63, 3.8) is 0 Å². The van der Waals surface area contributed by atoms with Gasteiger partial charge in [0, 0.05) is 16.8 Å². The Morgan fingerprint density at radius 1 is 1.20 bits per heavy atom. The minimum Gasteiger partial charge on any atom is -0.449 e. The molecule has 2 aromatic carbocycles. The summed E-state index contributed by atoms with van der Waals surface area (Å²) in [5.41, 5.74) is 2.63. The molecule has 4 nitrogen and oxygen atoms in total. The van der Waals surface area contributed by atoms with Crippen LogP contribution in [0.1, 0.15) is 25.0 Å². The van der Waals surface area contributed by atoms with E-state index < -0.39 is 12.1 Å². The average molecular weight is 358 g/mol. The molecule has 2 rings (SSSR count). The molecule has 2 aromatic rings. The van der Waals surface area contributed by atoms with Crippen LogP contribution in [-0.4, -0.2) is 18.0 Å². The van der Waals surface area contributed by atoms with Gasteiger partial charge in [-0.15, -0.1) is 0 Å². The van der Waals surface area contributed by atoms with Crippen molar-refractivity contribution < 1.29 is 14.3 Å². The van der Waals surface area contributed by atoms with Crippen LogP contribution in [0.3, 0.4) is 0 Å². The van der Waals surface area contributed by atoms with E-state index in [1.165, 1.54) is 18.6 Å². The number of ether oxygens (including phenoxy) is 1. The second kappa shape index (κ2) is 9.04. The van der Waals surface area contributed by atoms with E-state index >= 15 is 0 Å². The fraction of sp³-hybridized carbons (Fsp3) is 0.200. The molecule has 130 valence electrons. The van der Waals surface area contributed by atoms with Gasteiger partial charge in [0.1, 0.15) is 0 Å². The van der Waals surface area contributed by atoms with Crippen LogP contribution in [0.5, 0.6) is 0 Å². The minimum absolute atomic E-state index is 0.381. The molecule has 5 heteroatoms. The molecule has 1 atom stereocenters. The van der Waals surface area contributed by atoms with Crippen LogP contribution in [0.4, 0.5) is 5.69 Å². The third kappa shape index (κ3) is 6.08. The molecule has 1 amide bonds. The fourth-order valence-electron chi connectivity index (χ4n) is 2.11. The topological polar surface area (TPSA) is 55.4 Å². The van der Waals surface area contributed by atoms with Gasteiger partial charge >= 0.3 is 5.97 Å². The van der Waals surface area contributed by atoms with Crippen LogP contribution in [-0.2, 0) is 20.7 Å². The lowest BCUT2D eigenvalue weighted by atomic mass is 10.1. The number of carbonyl (C=O) groups is 2. The molecule has 0 spiro atoms. The monoisotopic (exact) mass is 357 g/mol. The first-order chi connectivity index (χ1) is 12.0. The summed E-state index contributed by atoms with van der Waals surface area (Å²) < 4.78 is 5.11. The van der Waals surface area contributed by atoms with Gasteiger partial charge in [0.2, 0.25) is 0 Å². The van der Waals surface area contributed by atoms with Crippen molar-refractivity contribution in [3.05, 3.63) is 70.8 Å². The Morgan fingerprint density at radius 3 is 2.56 bits per heavy atom. The van der Waals surface area contributed by atoms with Gasteiger partial charge in [0.15, 0.2) is 6.10 Å². The molecule has 0 saturated carbocycles. The van der Waals surface area contributed by atoms with Crippen molar-refractivity contribution in [2.75, 3.05) is 5.32 Å². The predicted octanol–water partition coefficient (Wildman–Crippen LogP) is 4.49. The van der Waals surface area contributed by atoms with Crippen molar-refractivity contribution in [2.24, 2.45) is 0 Å². The Labute approximate surface area is 152 Å². The molecular formula is C20H20ClNO3. The number of aryl methyl sites for hydroxylation is 1. The number of esters is 1. The largest absolute Gasteiger partial charge is 0.449 e. The number of hydrogen-bond donors (Lipinski definition) is 1. The first-order valence-corrected chi connectivity index (χ1v) is 8.40. The molecule has 0 saturated heterocycles. The molecule has 1 N–H and O–H groups in total. The lowest BCUT2D eigenvalue weighted by Crippen LogP contribution is -2.29. The summed E-state index contributed by atoms with van der Waals surface area (Å²) in [6.07, 6.45) is 2.89. The van der Waals surface area contributed by atoms with Crippen LogP contribution in [0.25, 0.3) is 6.08 Å². The quantitative estimate of drug-likeness (QED) is 0.612. The Morgan fingerprint density at radius 2 is 1.92 bits per heavy atom. The summed E-state index contributed by atoms with van der Waals surface area (Å²) >= 11 is 5.88. The van der Waals surface area contributed by atoms with Crippen LogP contribution in [0.15, 0.2) is 54.6 Å². The maximum absolute atomic E-state index is 12.1. The first-order valence-electron chi connectivity index (χ1n) is 8.02. The predicted molar refractivity (Wildman–Crippen MR) is 100 cm³/mol. The molecule has 0 bridgehead atoms. The zero-order valence-electron chi connectivity index (χ0n) is 14.2. The highest BCUT2D eigenvalue weighted by Crippen LogP contribution is 2.13. The Bertz CT molecular complexity index is 769. The summed E-state index contributed by atoms with van der Waals surface area (Å²) in [6.45, 7) is 3.59. The lowest BCUT2D eigenvalue weighted by Gasteiger charge is -2.12. The van der Waals surface area contributed by atoms with Crippen molar-refractivity contribution >= 4 is 35.2 Å². The van der Waals surface area contributed by atoms with E-state index in [9.17, 15) is 9.59 Å². The van der Waals surface area contributed by atoms with Gasteiger partial charge in [-0.3, -0.25) is 4.79 Å². The van der Waals surface area contributed by atoms with Gasteiger partial charge < -0.3 is 10.1 Å². The Kier molecular flexibility index (Phi) is 6.78. The van der Waals surface area contributed by atoms with Crippen LogP contribution < -0.4 is 5.32 Å². The van der Waals surface area contributed by atoms with Gasteiger partial charge in [-0.1, -0.05) is 42.8 Å². The summed E-state index contributed by atoms with van der Waals surface area (Å²) in [4.78, 5) is 23.9. The van der Waals surface area contributed by atoms with Crippen molar-refractivity contribution in [3.8, 4) is 0 Å². The number of benzene rings is 2. The van der Waals surface area contributed by atoms with E-state index in [0.29, 0.717) is 10.7 Å². The second-order valence-corrected chi connectivity index (χ2v) is 5.94. The standard InChI is InChI=1S/C20H20ClNO3/c1-3-15-7-10-18(11-8-15)22-20(24)14(2)25-19(23)12-9-16-5-4-6-17(21)13-16/h4-14H,3H2,1-2H3,(H,22,24)/b12-9+/t14-/m0/s1. The number of rotatable bonds is 6. The fourth-order valence-corrected chi connectivity index (χ4v) is 2.31. The van der Waals surface area contributed by atoms with Crippen molar-refractivity contribution in [1.29, 1.82) is 0 Å². The zero-order valence-corrected chi connectivity index (χ0v) is 14.9. The van der Waals surface area contributed by atoms with Crippen molar-refractivity contribution in [1.82, 2.24) is 0 Å². The number of nitrogens with one attached hydrogen (secondary N) is 1. The van der Waals surface area contributed by atoms with Crippen molar-refractivity contribution in [2.45, 2.75) is 26.4 Å². The SMILES string of the molecule is CCc1ccc(NC(=O)[C@H](C)OC(=O)/C=C/c2cccc(Cl)c2)cc1. The molecule has 0 aliphatic carbocycles. The van der Waals surface area contributed by atoms with Gasteiger partial charge in [0.05, 0.1) is 0 Å². The van der Waals surface area contributed by atoms with E-state index in [2.05, 4.69) is 12.2 Å². The third-order valence-corrected chi connectivity index (χ3v) is 3.79. The van der Waals surface area contributed by atoms with Gasteiger partial charge in [-0.25, -0.2) is 4.79 Å². The zero-order chi connectivity index (χ0) is 18.2. The normalized spacial score (nSPS) is 12.0. The van der Waals surface area contributed by atoms with E-state index in [0.717, 1.165) is 12.0 Å². The molecule has 0 heterocycles. The summed E-state index contributed by atoms with van der Waals surface area (Å²) in [6, 6.07) is 14.6. The third-order valence-electron chi connectivity index (χ3n) is 3.55. The molecule has 0 aliphatic heterocycles. The van der Waals surface area contributed by atoms with E-state index in [4.69, 9.17) is 16.3 Å². The maximum atomic E-state index is 12.1. The molecule has 0 fully saturated rings. The summed E-state index contributed by atoms with van der Waals surface area (Å²) in [5.74, 6) is -0.974. The highest BCUT2D eigenvalue weighted by Gasteiger charge is 2.16. The first kappa shape index (κ1) is 18.7. The summed E-state index contributed by atoms with van der Waals surface area (Å²) in [7, 11) is 0. The average Bonchev–Trinajstić information content (AvgIpc) is 2.60. The maximum Gasteiger partial charge on any atom is 0.331 e. The van der Waals surface area contributed by atoms with E-state index in [-0.39, 0.29) is 5.91 Å². The minimum atomic E-state index is -0.901. The highest BCUT2D eigenvalue weighted by molar-refractivity contribution is 6.30. The Hall–Kier alpha value is -2.59. The lowest BCUT2D eigenvalue weighted by molar-refractivity contribution is -0.148. The number of amides is 1.